The molecule has 27 heavy (non-hydrogen) atoms. The Balaban J connectivity index is 1.88. The number of thiophene rings is 1. The topological polar surface area (TPSA) is 0 Å². The summed E-state index contributed by atoms with van der Waals surface area (Å²) in [6.45, 7) is 4.40. The van der Waals surface area contributed by atoms with Gasteiger partial charge in [0.25, 0.3) is 0 Å². The van der Waals surface area contributed by atoms with Crippen molar-refractivity contribution in [2.24, 2.45) is 0 Å². The van der Waals surface area contributed by atoms with Gasteiger partial charge in [0.05, 0.1) is 0 Å². The quantitative estimate of drug-likeness (QED) is 0.297. The normalized spacial score (nSPS) is 11.3. The number of hydrogen-bond donors (Lipinski definition) is 0. The maximum atomic E-state index is 2.39. The average Bonchev–Trinajstić information content (AvgIpc) is 3.05. The smallest absolute Gasteiger partial charge is 0.0362 e. The Labute approximate surface area is 163 Å². The lowest BCUT2D eigenvalue weighted by atomic mass is 9.92. The van der Waals surface area contributed by atoms with Crippen LogP contribution in [0.15, 0.2) is 84.9 Å². The van der Waals surface area contributed by atoms with E-state index in [-0.39, 0.29) is 0 Å². The first kappa shape index (κ1) is 16.3. The third kappa shape index (κ3) is 2.75. The third-order valence-corrected chi connectivity index (χ3v) is 6.51. The molecule has 130 valence electrons. The van der Waals surface area contributed by atoms with Crippen molar-refractivity contribution in [3.05, 3.63) is 96.1 Å². The van der Waals surface area contributed by atoms with Crippen LogP contribution in [0.1, 0.15) is 11.1 Å². The summed E-state index contributed by atoms with van der Waals surface area (Å²) in [6, 6.07) is 30.9. The van der Waals surface area contributed by atoms with Crippen molar-refractivity contribution in [1.82, 2.24) is 0 Å². The highest BCUT2D eigenvalue weighted by Crippen LogP contribution is 2.42. The van der Waals surface area contributed by atoms with Gasteiger partial charge in [-0.3, -0.25) is 0 Å². The summed E-state index contributed by atoms with van der Waals surface area (Å²) in [6.07, 6.45) is 0. The Morgan fingerprint density at radius 1 is 0.519 bits per heavy atom. The van der Waals surface area contributed by atoms with Gasteiger partial charge in [0.2, 0.25) is 0 Å². The molecule has 0 radical (unpaired) electrons. The number of hydrogen-bond acceptors (Lipinski definition) is 1. The van der Waals surface area contributed by atoms with E-state index in [1.165, 1.54) is 53.6 Å². The molecule has 1 aromatic heterocycles. The molecule has 0 N–H and O–H groups in total. The van der Waals surface area contributed by atoms with E-state index < -0.39 is 0 Å². The molecule has 5 aromatic rings. The van der Waals surface area contributed by atoms with E-state index in [4.69, 9.17) is 0 Å². The maximum Gasteiger partial charge on any atom is 0.0362 e. The van der Waals surface area contributed by atoms with Gasteiger partial charge in [0.15, 0.2) is 0 Å². The van der Waals surface area contributed by atoms with Crippen LogP contribution in [0.25, 0.3) is 42.4 Å². The highest BCUT2D eigenvalue weighted by atomic mass is 32.1. The Hall–Kier alpha value is -2.90. The highest BCUT2D eigenvalue weighted by molar-refractivity contribution is 7.25. The zero-order valence-corrected chi connectivity index (χ0v) is 16.3. The molecule has 0 saturated carbocycles. The van der Waals surface area contributed by atoms with Gasteiger partial charge in [-0.15, -0.1) is 11.3 Å². The van der Waals surface area contributed by atoms with Crippen molar-refractivity contribution in [3.63, 3.8) is 0 Å². The molecule has 0 fully saturated rings. The van der Waals surface area contributed by atoms with Gasteiger partial charge in [0, 0.05) is 20.2 Å². The van der Waals surface area contributed by atoms with Crippen molar-refractivity contribution in [3.8, 4) is 22.3 Å². The molecule has 0 aliphatic carbocycles. The molecule has 4 aromatic carbocycles. The van der Waals surface area contributed by atoms with E-state index in [9.17, 15) is 0 Å². The van der Waals surface area contributed by atoms with E-state index in [1.54, 1.807) is 0 Å². The van der Waals surface area contributed by atoms with Crippen LogP contribution in [0.2, 0.25) is 0 Å². The maximum absolute atomic E-state index is 2.39. The SMILES string of the molecule is Cc1cc2sc3cc(-c4ccccc4)c(-c4ccccc4)cc3c2cc1C. The molecule has 0 aliphatic heterocycles. The largest absolute Gasteiger partial charge is 0.135 e. The highest BCUT2D eigenvalue weighted by Gasteiger charge is 2.13. The predicted octanol–water partition coefficient (Wildman–Crippen LogP) is 8.01. The van der Waals surface area contributed by atoms with Gasteiger partial charge in [0.1, 0.15) is 0 Å². The number of benzene rings is 4. The molecular weight excluding hydrogens is 344 g/mol. The molecule has 1 heteroatoms. The summed E-state index contributed by atoms with van der Waals surface area (Å²) in [5.74, 6) is 0. The monoisotopic (exact) mass is 364 g/mol. The minimum Gasteiger partial charge on any atom is -0.135 e. The average molecular weight is 365 g/mol. The minimum absolute atomic E-state index is 1.27. The van der Waals surface area contributed by atoms with Crippen LogP contribution in [-0.4, -0.2) is 0 Å². The van der Waals surface area contributed by atoms with Gasteiger partial charge in [-0.05, 0) is 71.5 Å². The Bertz CT molecular complexity index is 1260. The van der Waals surface area contributed by atoms with Crippen molar-refractivity contribution in [2.75, 3.05) is 0 Å². The summed E-state index contributed by atoms with van der Waals surface area (Å²) in [4.78, 5) is 0. The third-order valence-electron chi connectivity index (χ3n) is 5.40. The standard InChI is InChI=1S/C26H20S/c1-17-13-23-24-15-21(19-9-5-3-6-10-19)22(20-11-7-4-8-12-20)16-26(24)27-25(23)14-18(17)2/h3-16H,1-2H3. The molecule has 0 atom stereocenters. The van der Waals surface area contributed by atoms with E-state index in [1.807, 2.05) is 11.3 Å². The van der Waals surface area contributed by atoms with E-state index in [0.29, 0.717) is 0 Å². The van der Waals surface area contributed by atoms with Crippen LogP contribution in [0.5, 0.6) is 0 Å². The zero-order chi connectivity index (χ0) is 18.4. The van der Waals surface area contributed by atoms with Gasteiger partial charge < -0.3 is 0 Å². The van der Waals surface area contributed by atoms with Crippen molar-refractivity contribution in [2.45, 2.75) is 13.8 Å². The first-order valence-corrected chi connectivity index (χ1v) is 10.1. The first-order chi connectivity index (χ1) is 13.2. The molecule has 1 heterocycles. The molecule has 0 nitrogen and oxygen atoms in total. The molecule has 5 rings (SSSR count). The predicted molar refractivity (Wildman–Crippen MR) is 120 cm³/mol. The molecule has 0 bridgehead atoms. The second-order valence-corrected chi connectivity index (χ2v) is 8.24. The number of aryl methyl sites for hydroxylation is 2. The lowest BCUT2D eigenvalue weighted by molar-refractivity contribution is 1.37. The van der Waals surface area contributed by atoms with Crippen LogP contribution in [-0.2, 0) is 0 Å². The summed E-state index contributed by atoms with van der Waals surface area (Å²) in [5.41, 5.74) is 7.85. The fraction of sp³-hybridized carbons (Fsp3) is 0.0769. The zero-order valence-electron chi connectivity index (χ0n) is 15.5. The summed E-state index contributed by atoms with van der Waals surface area (Å²) in [7, 11) is 0. The summed E-state index contributed by atoms with van der Waals surface area (Å²) < 4.78 is 2.73. The van der Waals surface area contributed by atoms with Crippen LogP contribution < -0.4 is 0 Å². The fourth-order valence-electron chi connectivity index (χ4n) is 3.79. The minimum atomic E-state index is 1.27. The van der Waals surface area contributed by atoms with Crippen LogP contribution in [0.4, 0.5) is 0 Å². The van der Waals surface area contributed by atoms with Gasteiger partial charge >= 0.3 is 0 Å². The molecule has 0 amide bonds. The Morgan fingerprint density at radius 3 is 1.63 bits per heavy atom. The van der Waals surface area contributed by atoms with Crippen molar-refractivity contribution < 1.29 is 0 Å². The van der Waals surface area contributed by atoms with Gasteiger partial charge in [-0.1, -0.05) is 60.7 Å². The lowest BCUT2D eigenvalue weighted by Crippen LogP contribution is -1.85. The van der Waals surface area contributed by atoms with E-state index in [2.05, 4.69) is 98.8 Å². The van der Waals surface area contributed by atoms with E-state index in [0.717, 1.165) is 0 Å². The molecule has 0 unspecified atom stereocenters. The molecule has 0 saturated heterocycles. The van der Waals surface area contributed by atoms with Gasteiger partial charge in [-0.2, -0.15) is 0 Å². The van der Waals surface area contributed by atoms with Gasteiger partial charge in [-0.25, -0.2) is 0 Å². The Kier molecular flexibility index (Phi) is 3.84. The first-order valence-electron chi connectivity index (χ1n) is 9.29. The van der Waals surface area contributed by atoms with Crippen LogP contribution in [0, 0.1) is 13.8 Å². The number of fused-ring (bicyclic) bond motifs is 3. The fourth-order valence-corrected chi connectivity index (χ4v) is 5.00. The molecule has 0 spiro atoms. The van der Waals surface area contributed by atoms with Crippen molar-refractivity contribution >= 4 is 31.5 Å². The van der Waals surface area contributed by atoms with E-state index >= 15 is 0 Å². The molecule has 0 aliphatic rings. The van der Waals surface area contributed by atoms with Crippen LogP contribution in [0.3, 0.4) is 0 Å². The second-order valence-electron chi connectivity index (χ2n) is 7.16. The second kappa shape index (κ2) is 6.37. The lowest BCUT2D eigenvalue weighted by Gasteiger charge is -2.11. The Morgan fingerprint density at radius 2 is 1.00 bits per heavy atom. The van der Waals surface area contributed by atoms with Crippen LogP contribution >= 0.6 is 11.3 Å². The number of rotatable bonds is 2. The van der Waals surface area contributed by atoms with Crippen molar-refractivity contribution in [1.29, 1.82) is 0 Å². The summed E-state index contributed by atoms with van der Waals surface area (Å²) >= 11 is 1.90. The molecular formula is C26H20S. The summed E-state index contributed by atoms with van der Waals surface area (Å²) in [5, 5.41) is 2.73.